The number of ketones is 1. The monoisotopic (exact) mass is 325 g/mol. The first kappa shape index (κ1) is 15.9. The number of nitrogens with zero attached hydrogens (tertiary/aromatic N) is 2. The van der Waals surface area contributed by atoms with E-state index in [1.54, 1.807) is 6.07 Å². The minimum atomic E-state index is -0.401. The molecule has 0 saturated carbocycles. The molecule has 0 saturated heterocycles. The number of carbonyl (C=O) groups is 1. The average molecular weight is 325 g/mol. The fourth-order valence-electron chi connectivity index (χ4n) is 1.50. The van der Waals surface area contributed by atoms with Crippen molar-refractivity contribution < 1.29 is 9.18 Å². The van der Waals surface area contributed by atoms with Gasteiger partial charge in [0.1, 0.15) is 5.82 Å². The van der Waals surface area contributed by atoms with Crippen molar-refractivity contribution in [3.05, 3.63) is 35.6 Å². The van der Waals surface area contributed by atoms with Gasteiger partial charge in [0.2, 0.25) is 5.13 Å². The van der Waals surface area contributed by atoms with Gasteiger partial charge in [0.25, 0.3) is 0 Å². The Labute approximate surface area is 131 Å². The molecule has 7 heteroatoms. The Bertz CT molecular complexity index is 616. The predicted octanol–water partition coefficient (Wildman–Crippen LogP) is 3.72. The van der Waals surface area contributed by atoms with Crippen molar-refractivity contribution >= 4 is 34.0 Å². The SMILES string of the molecule is CC(C)CNc1nnc(SCC(=O)c2cccc(F)c2)s1. The number of rotatable bonds is 7. The quantitative estimate of drug-likeness (QED) is 0.621. The zero-order valence-corrected chi connectivity index (χ0v) is 13.4. The van der Waals surface area contributed by atoms with Crippen molar-refractivity contribution in [3.63, 3.8) is 0 Å². The highest BCUT2D eigenvalue weighted by Gasteiger charge is 2.10. The van der Waals surface area contributed by atoms with E-state index < -0.39 is 5.82 Å². The maximum absolute atomic E-state index is 13.1. The summed E-state index contributed by atoms with van der Waals surface area (Å²) in [4.78, 5) is 11.9. The van der Waals surface area contributed by atoms with E-state index in [1.165, 1.54) is 41.3 Å². The first-order valence-electron chi connectivity index (χ1n) is 6.53. The molecule has 0 amide bonds. The highest BCUT2D eigenvalue weighted by atomic mass is 32.2. The fourth-order valence-corrected chi connectivity index (χ4v) is 3.16. The summed E-state index contributed by atoms with van der Waals surface area (Å²) in [6, 6.07) is 5.72. The second-order valence-corrected chi connectivity index (χ2v) is 7.07. The first-order valence-corrected chi connectivity index (χ1v) is 8.33. The van der Waals surface area contributed by atoms with E-state index in [1.807, 2.05) is 0 Å². The van der Waals surface area contributed by atoms with E-state index in [-0.39, 0.29) is 11.5 Å². The topological polar surface area (TPSA) is 54.9 Å². The number of nitrogens with one attached hydrogen (secondary N) is 1. The molecule has 0 unspecified atom stereocenters. The largest absolute Gasteiger partial charge is 0.360 e. The van der Waals surface area contributed by atoms with Crippen LogP contribution in [0.15, 0.2) is 28.6 Å². The number of thioether (sulfide) groups is 1. The van der Waals surface area contributed by atoms with Crippen LogP contribution < -0.4 is 5.32 Å². The van der Waals surface area contributed by atoms with Crippen LogP contribution in [0, 0.1) is 11.7 Å². The van der Waals surface area contributed by atoms with E-state index in [0.717, 1.165) is 16.0 Å². The highest BCUT2D eigenvalue weighted by Crippen LogP contribution is 2.26. The molecular formula is C14H16FN3OS2. The van der Waals surface area contributed by atoms with Gasteiger partial charge in [-0.2, -0.15) is 0 Å². The van der Waals surface area contributed by atoms with Crippen LogP contribution in [-0.2, 0) is 0 Å². The van der Waals surface area contributed by atoms with Crippen LogP contribution in [-0.4, -0.2) is 28.3 Å². The molecule has 0 fully saturated rings. The van der Waals surface area contributed by atoms with Gasteiger partial charge < -0.3 is 5.32 Å². The van der Waals surface area contributed by atoms with E-state index in [0.29, 0.717) is 11.5 Å². The summed E-state index contributed by atoms with van der Waals surface area (Å²) in [6.45, 7) is 5.06. The lowest BCUT2D eigenvalue weighted by Crippen LogP contribution is -2.07. The number of halogens is 1. The van der Waals surface area contributed by atoms with Crippen molar-refractivity contribution in [2.24, 2.45) is 5.92 Å². The number of anilines is 1. The third kappa shape index (κ3) is 5.09. The third-order valence-electron chi connectivity index (χ3n) is 2.54. The predicted molar refractivity (Wildman–Crippen MR) is 84.7 cm³/mol. The van der Waals surface area contributed by atoms with Crippen LogP contribution >= 0.6 is 23.1 Å². The molecule has 1 heterocycles. The van der Waals surface area contributed by atoms with E-state index >= 15 is 0 Å². The van der Waals surface area contributed by atoms with Crippen molar-refractivity contribution in [1.82, 2.24) is 10.2 Å². The number of hydrogen-bond donors (Lipinski definition) is 1. The second kappa shape index (κ2) is 7.51. The van der Waals surface area contributed by atoms with Gasteiger partial charge in [-0.15, -0.1) is 10.2 Å². The Kier molecular flexibility index (Phi) is 5.69. The molecule has 0 aliphatic rings. The van der Waals surface area contributed by atoms with Crippen molar-refractivity contribution in [2.45, 2.75) is 18.2 Å². The average Bonchev–Trinajstić information content (AvgIpc) is 2.90. The minimum Gasteiger partial charge on any atom is -0.360 e. The summed E-state index contributed by atoms with van der Waals surface area (Å²) < 4.78 is 13.8. The molecule has 1 aromatic heterocycles. The molecule has 0 aliphatic carbocycles. The summed E-state index contributed by atoms with van der Waals surface area (Å²) in [5.74, 6) is 0.232. The molecule has 0 radical (unpaired) electrons. The fraction of sp³-hybridized carbons (Fsp3) is 0.357. The molecular weight excluding hydrogens is 309 g/mol. The van der Waals surface area contributed by atoms with Crippen molar-refractivity contribution in [3.8, 4) is 0 Å². The zero-order valence-electron chi connectivity index (χ0n) is 11.8. The number of aromatic nitrogens is 2. The molecule has 0 bridgehead atoms. The Balaban J connectivity index is 1.87. The van der Waals surface area contributed by atoms with Crippen molar-refractivity contribution in [2.75, 3.05) is 17.6 Å². The van der Waals surface area contributed by atoms with Gasteiger partial charge in [-0.3, -0.25) is 4.79 Å². The van der Waals surface area contributed by atoms with Crippen LogP contribution in [0.1, 0.15) is 24.2 Å². The molecule has 0 spiro atoms. The van der Waals surface area contributed by atoms with Crippen LogP contribution in [0.3, 0.4) is 0 Å². The summed E-state index contributed by atoms with van der Waals surface area (Å²) in [7, 11) is 0. The summed E-state index contributed by atoms with van der Waals surface area (Å²) >= 11 is 2.74. The maximum atomic E-state index is 13.1. The zero-order chi connectivity index (χ0) is 15.2. The molecule has 2 aromatic rings. The number of carbonyl (C=O) groups excluding carboxylic acids is 1. The molecule has 0 aliphatic heterocycles. The van der Waals surface area contributed by atoms with Crippen LogP contribution in [0.2, 0.25) is 0 Å². The Morgan fingerprint density at radius 1 is 1.43 bits per heavy atom. The van der Waals surface area contributed by atoms with Gasteiger partial charge in [-0.05, 0) is 18.1 Å². The van der Waals surface area contributed by atoms with Gasteiger partial charge in [0.15, 0.2) is 10.1 Å². The lowest BCUT2D eigenvalue weighted by molar-refractivity contribution is 0.102. The molecule has 0 atom stereocenters. The second-order valence-electron chi connectivity index (χ2n) is 4.87. The molecule has 2 rings (SSSR count). The number of Topliss-reactive ketones (excluding diaryl/α,β-unsaturated/α-hetero) is 1. The number of hydrogen-bond acceptors (Lipinski definition) is 6. The highest BCUT2D eigenvalue weighted by molar-refractivity contribution is 8.01. The van der Waals surface area contributed by atoms with E-state index in [2.05, 4.69) is 29.4 Å². The molecule has 112 valence electrons. The van der Waals surface area contributed by atoms with Crippen LogP contribution in [0.4, 0.5) is 9.52 Å². The molecule has 21 heavy (non-hydrogen) atoms. The smallest absolute Gasteiger partial charge is 0.206 e. The van der Waals surface area contributed by atoms with Crippen LogP contribution in [0.25, 0.3) is 0 Å². The van der Waals surface area contributed by atoms with Crippen molar-refractivity contribution in [1.29, 1.82) is 0 Å². The third-order valence-corrected chi connectivity index (χ3v) is 4.56. The normalized spacial score (nSPS) is 10.9. The first-order chi connectivity index (χ1) is 10.0. The summed E-state index contributed by atoms with van der Waals surface area (Å²) in [5.41, 5.74) is 0.380. The van der Waals surface area contributed by atoms with Crippen LogP contribution in [0.5, 0.6) is 0 Å². The Hall–Kier alpha value is -1.47. The summed E-state index contributed by atoms with van der Waals surface area (Å²) in [5, 5.41) is 12.0. The van der Waals surface area contributed by atoms with Gasteiger partial charge in [0.05, 0.1) is 5.75 Å². The number of benzene rings is 1. The Morgan fingerprint density at radius 2 is 2.24 bits per heavy atom. The standard InChI is InChI=1S/C14H16FN3OS2/c1-9(2)7-16-13-17-18-14(21-13)20-8-12(19)10-4-3-5-11(15)6-10/h3-6,9H,7-8H2,1-2H3,(H,16,17). The molecule has 1 aromatic carbocycles. The summed E-state index contributed by atoms with van der Waals surface area (Å²) in [6.07, 6.45) is 0. The van der Waals surface area contributed by atoms with E-state index in [4.69, 9.17) is 0 Å². The van der Waals surface area contributed by atoms with E-state index in [9.17, 15) is 9.18 Å². The maximum Gasteiger partial charge on any atom is 0.206 e. The minimum absolute atomic E-state index is 0.119. The molecule has 4 nitrogen and oxygen atoms in total. The lowest BCUT2D eigenvalue weighted by atomic mass is 10.1. The van der Waals surface area contributed by atoms with Gasteiger partial charge in [-0.1, -0.05) is 49.1 Å². The van der Waals surface area contributed by atoms with Gasteiger partial charge in [-0.25, -0.2) is 4.39 Å². The van der Waals surface area contributed by atoms with Gasteiger partial charge in [0, 0.05) is 12.1 Å². The lowest BCUT2D eigenvalue weighted by Gasteiger charge is -2.03. The Morgan fingerprint density at radius 3 is 2.95 bits per heavy atom. The van der Waals surface area contributed by atoms with Gasteiger partial charge >= 0.3 is 0 Å². The molecule has 1 N–H and O–H groups in total.